The second-order valence-electron chi connectivity index (χ2n) is 4.50. The summed E-state index contributed by atoms with van der Waals surface area (Å²) in [6.45, 7) is 6.09. The molecule has 0 bridgehead atoms. The molecule has 3 N–H and O–H groups in total. The van der Waals surface area contributed by atoms with Gasteiger partial charge in [-0.2, -0.15) is 0 Å². The lowest BCUT2D eigenvalue weighted by Gasteiger charge is -2.26. The first-order valence-corrected chi connectivity index (χ1v) is 7.15. The summed E-state index contributed by atoms with van der Waals surface area (Å²) in [5.74, 6) is -0.0178. The van der Waals surface area contributed by atoms with Gasteiger partial charge in [-0.3, -0.25) is 4.79 Å². The van der Waals surface area contributed by atoms with Crippen molar-refractivity contribution in [2.75, 3.05) is 6.54 Å². The lowest BCUT2D eigenvalue weighted by atomic mass is 10.2. The Bertz CT molecular complexity index is 485. The summed E-state index contributed by atoms with van der Waals surface area (Å²) < 4.78 is 0. The maximum Gasteiger partial charge on any atom is 0.265 e. The molecule has 0 atom stereocenters. The molecule has 1 amide bonds. The zero-order chi connectivity index (χ0) is 14.6. The highest BCUT2D eigenvalue weighted by atomic mass is 35.5. The average molecular weight is 304 g/mol. The Hall–Kier alpha value is -1.27. The van der Waals surface area contributed by atoms with E-state index in [9.17, 15) is 4.79 Å². The van der Waals surface area contributed by atoms with E-state index in [2.05, 4.69) is 5.16 Å². The largest absolute Gasteiger partial charge is 0.409 e. The topological polar surface area (TPSA) is 78.9 Å². The van der Waals surface area contributed by atoms with Crippen molar-refractivity contribution in [3.8, 4) is 0 Å². The molecule has 0 spiro atoms. The van der Waals surface area contributed by atoms with E-state index in [1.54, 1.807) is 4.90 Å². The Morgan fingerprint density at radius 1 is 1.63 bits per heavy atom. The van der Waals surface area contributed by atoms with Crippen LogP contribution in [0.15, 0.2) is 10.5 Å². The standard InChI is InChI=1S/C12H18ClN3O2S/c1-7(2)16(5-4-9(14)15-18)12(17)11-10(13)8(3)6-19-11/h6-7,18H,4-5H2,1-3H3,(H2,14,15). The van der Waals surface area contributed by atoms with Gasteiger partial charge >= 0.3 is 0 Å². The summed E-state index contributed by atoms with van der Waals surface area (Å²) >= 11 is 7.45. The molecule has 1 aromatic heterocycles. The fraction of sp³-hybridized carbons (Fsp3) is 0.500. The third-order valence-corrected chi connectivity index (χ3v) is 4.40. The molecule has 5 nitrogen and oxygen atoms in total. The molecule has 1 rings (SSSR count). The fourth-order valence-electron chi connectivity index (χ4n) is 1.58. The minimum absolute atomic E-state index is 0.0115. The first-order chi connectivity index (χ1) is 8.88. The van der Waals surface area contributed by atoms with Crippen molar-refractivity contribution in [1.82, 2.24) is 4.90 Å². The van der Waals surface area contributed by atoms with Gasteiger partial charge in [0.15, 0.2) is 0 Å². The molecule has 106 valence electrons. The van der Waals surface area contributed by atoms with E-state index in [1.165, 1.54) is 11.3 Å². The van der Waals surface area contributed by atoms with Crippen LogP contribution in [0.3, 0.4) is 0 Å². The van der Waals surface area contributed by atoms with Crippen LogP contribution in [0.1, 0.15) is 35.5 Å². The van der Waals surface area contributed by atoms with Crippen LogP contribution in [0.4, 0.5) is 0 Å². The normalized spacial score (nSPS) is 11.9. The molecular formula is C12H18ClN3O2S. The van der Waals surface area contributed by atoms with Crippen molar-refractivity contribution >= 4 is 34.7 Å². The van der Waals surface area contributed by atoms with Gasteiger partial charge in [0.1, 0.15) is 10.7 Å². The quantitative estimate of drug-likeness (QED) is 0.380. The van der Waals surface area contributed by atoms with Crippen LogP contribution in [0.2, 0.25) is 5.02 Å². The minimum atomic E-state index is -0.121. The molecule has 0 aliphatic heterocycles. The Balaban J connectivity index is 2.88. The van der Waals surface area contributed by atoms with Gasteiger partial charge in [0, 0.05) is 19.0 Å². The van der Waals surface area contributed by atoms with E-state index in [0.717, 1.165) is 5.56 Å². The first kappa shape index (κ1) is 15.8. The maximum atomic E-state index is 12.4. The highest BCUT2D eigenvalue weighted by Crippen LogP contribution is 2.28. The van der Waals surface area contributed by atoms with E-state index in [-0.39, 0.29) is 17.8 Å². The van der Waals surface area contributed by atoms with E-state index in [1.807, 2.05) is 26.2 Å². The Morgan fingerprint density at radius 2 is 2.26 bits per heavy atom. The molecule has 7 heteroatoms. The van der Waals surface area contributed by atoms with Crippen LogP contribution >= 0.6 is 22.9 Å². The van der Waals surface area contributed by atoms with Crippen molar-refractivity contribution in [2.45, 2.75) is 33.2 Å². The lowest BCUT2D eigenvalue weighted by molar-refractivity contribution is 0.0716. The zero-order valence-corrected chi connectivity index (χ0v) is 12.8. The maximum absolute atomic E-state index is 12.4. The molecule has 0 radical (unpaired) electrons. The van der Waals surface area contributed by atoms with Crippen molar-refractivity contribution in [1.29, 1.82) is 0 Å². The molecule has 1 aromatic rings. The van der Waals surface area contributed by atoms with Crippen LogP contribution < -0.4 is 5.73 Å². The third kappa shape index (κ3) is 3.84. The zero-order valence-electron chi connectivity index (χ0n) is 11.2. The van der Waals surface area contributed by atoms with Crippen molar-refractivity contribution < 1.29 is 10.0 Å². The van der Waals surface area contributed by atoms with Gasteiger partial charge in [-0.15, -0.1) is 11.3 Å². The summed E-state index contributed by atoms with van der Waals surface area (Å²) in [6, 6.07) is 0.0115. The predicted molar refractivity (Wildman–Crippen MR) is 78.3 cm³/mol. The van der Waals surface area contributed by atoms with E-state index < -0.39 is 0 Å². The van der Waals surface area contributed by atoms with Crippen LogP contribution in [-0.2, 0) is 0 Å². The van der Waals surface area contributed by atoms with Crippen LogP contribution in [0.25, 0.3) is 0 Å². The summed E-state index contributed by atoms with van der Waals surface area (Å²) in [7, 11) is 0. The molecule has 1 heterocycles. The summed E-state index contributed by atoms with van der Waals surface area (Å²) in [4.78, 5) is 14.6. The number of hydrogen-bond donors (Lipinski definition) is 2. The van der Waals surface area contributed by atoms with E-state index in [0.29, 0.717) is 22.9 Å². The second-order valence-corrected chi connectivity index (χ2v) is 5.75. The van der Waals surface area contributed by atoms with Gasteiger partial charge in [0.05, 0.1) is 5.02 Å². The number of nitrogens with two attached hydrogens (primary N) is 1. The number of amidine groups is 1. The minimum Gasteiger partial charge on any atom is -0.409 e. The van der Waals surface area contributed by atoms with Crippen molar-refractivity contribution in [3.05, 3.63) is 20.8 Å². The van der Waals surface area contributed by atoms with Gasteiger partial charge in [-0.05, 0) is 31.7 Å². The number of thiophene rings is 1. The highest BCUT2D eigenvalue weighted by molar-refractivity contribution is 7.13. The Kier molecular flexibility index (Phi) is 5.62. The molecule has 0 saturated heterocycles. The van der Waals surface area contributed by atoms with Gasteiger partial charge in [-0.1, -0.05) is 16.8 Å². The van der Waals surface area contributed by atoms with E-state index >= 15 is 0 Å². The number of oxime groups is 1. The molecule has 19 heavy (non-hydrogen) atoms. The first-order valence-electron chi connectivity index (χ1n) is 5.89. The molecule has 0 aliphatic rings. The van der Waals surface area contributed by atoms with Gasteiger partial charge in [-0.25, -0.2) is 0 Å². The predicted octanol–water partition coefficient (Wildman–Crippen LogP) is 2.70. The summed E-state index contributed by atoms with van der Waals surface area (Å²) in [5.41, 5.74) is 6.33. The Morgan fingerprint density at radius 3 is 2.68 bits per heavy atom. The molecule has 0 aliphatic carbocycles. The number of carbonyl (C=O) groups is 1. The van der Waals surface area contributed by atoms with Crippen LogP contribution in [0.5, 0.6) is 0 Å². The molecule has 0 saturated carbocycles. The van der Waals surface area contributed by atoms with Gasteiger partial charge < -0.3 is 15.8 Å². The van der Waals surface area contributed by atoms with Crippen LogP contribution in [0, 0.1) is 6.92 Å². The molecule has 0 aromatic carbocycles. The molecular weight excluding hydrogens is 286 g/mol. The average Bonchev–Trinajstić information content (AvgIpc) is 2.69. The van der Waals surface area contributed by atoms with Crippen molar-refractivity contribution in [3.63, 3.8) is 0 Å². The lowest BCUT2D eigenvalue weighted by Crippen LogP contribution is -2.39. The van der Waals surface area contributed by atoms with Gasteiger partial charge in [0.25, 0.3) is 5.91 Å². The number of amides is 1. The fourth-order valence-corrected chi connectivity index (χ4v) is 2.81. The monoisotopic (exact) mass is 303 g/mol. The smallest absolute Gasteiger partial charge is 0.265 e. The summed E-state index contributed by atoms with van der Waals surface area (Å²) in [6.07, 6.45) is 0.322. The molecule has 0 unspecified atom stereocenters. The second kappa shape index (κ2) is 6.77. The van der Waals surface area contributed by atoms with Crippen LogP contribution in [-0.4, -0.2) is 34.4 Å². The number of rotatable bonds is 5. The molecule has 0 fully saturated rings. The van der Waals surface area contributed by atoms with E-state index in [4.69, 9.17) is 22.5 Å². The number of hydrogen-bond acceptors (Lipinski definition) is 4. The summed E-state index contributed by atoms with van der Waals surface area (Å²) in [5, 5.41) is 13.8. The third-order valence-electron chi connectivity index (χ3n) is 2.71. The number of aryl methyl sites for hydroxylation is 1. The number of halogens is 1. The van der Waals surface area contributed by atoms with Gasteiger partial charge in [0.2, 0.25) is 0 Å². The number of carbonyl (C=O) groups excluding carboxylic acids is 1. The number of nitrogens with zero attached hydrogens (tertiary/aromatic N) is 2. The Labute approximate surface area is 121 Å². The highest BCUT2D eigenvalue weighted by Gasteiger charge is 2.23. The van der Waals surface area contributed by atoms with Crippen molar-refractivity contribution in [2.24, 2.45) is 10.9 Å². The SMILES string of the molecule is Cc1csc(C(=O)N(CC/C(N)=N/O)C(C)C)c1Cl.